The van der Waals surface area contributed by atoms with Crippen molar-refractivity contribution in [2.24, 2.45) is 0 Å². The summed E-state index contributed by atoms with van der Waals surface area (Å²) in [6.45, 7) is 1.62. The van der Waals surface area contributed by atoms with Gasteiger partial charge in [-0.05, 0) is 35.4 Å². The predicted octanol–water partition coefficient (Wildman–Crippen LogP) is 3.10. The Kier molecular flexibility index (Phi) is 4.80. The van der Waals surface area contributed by atoms with Crippen LogP contribution in [0.25, 0.3) is 11.1 Å². The van der Waals surface area contributed by atoms with E-state index >= 15 is 0 Å². The number of hydrogen-bond acceptors (Lipinski definition) is 5. The number of carbonyl (C=O) groups is 1. The molecule has 0 aliphatic carbocycles. The molecule has 0 aliphatic heterocycles. The number of aryl methyl sites for hydroxylation is 1. The average Bonchev–Trinajstić information content (AvgIpc) is 3.05. The molecule has 0 fully saturated rings. The fraction of sp³-hybridized carbons (Fsp3) is 0.176. The minimum atomic E-state index is -4.42. The van der Waals surface area contributed by atoms with Crippen molar-refractivity contribution >= 4 is 6.03 Å². The highest BCUT2D eigenvalue weighted by atomic mass is 19.4. The largest absolute Gasteiger partial charge is 0.416 e. The number of nitrogens with zero attached hydrogens (tertiary/aromatic N) is 3. The highest BCUT2D eigenvalue weighted by Gasteiger charge is 2.29. The SMILES string of the molecule is Cc1nc(CNC(=O)n2cc(-c3ccc(C(F)(F)F)cc3)ccc2=N)no1. The van der Waals surface area contributed by atoms with E-state index < -0.39 is 17.8 Å². The fourth-order valence-corrected chi connectivity index (χ4v) is 2.34. The number of pyridine rings is 1. The molecule has 2 N–H and O–H groups in total. The minimum absolute atomic E-state index is 0.00706. The molecule has 0 spiro atoms. The summed E-state index contributed by atoms with van der Waals surface area (Å²) < 4.78 is 43.9. The van der Waals surface area contributed by atoms with Crippen molar-refractivity contribution in [3.63, 3.8) is 0 Å². The quantitative estimate of drug-likeness (QED) is 0.733. The number of rotatable bonds is 3. The number of carbonyl (C=O) groups excluding carboxylic acids is 1. The molecule has 0 radical (unpaired) electrons. The van der Waals surface area contributed by atoms with Crippen molar-refractivity contribution in [2.45, 2.75) is 19.6 Å². The number of alkyl halides is 3. The lowest BCUT2D eigenvalue weighted by molar-refractivity contribution is -0.137. The van der Waals surface area contributed by atoms with Crippen LogP contribution in [0.4, 0.5) is 18.0 Å². The second-order valence-electron chi connectivity index (χ2n) is 5.64. The summed E-state index contributed by atoms with van der Waals surface area (Å²) in [6.07, 6.45) is -3.04. The molecule has 0 aliphatic rings. The normalized spacial score (nSPS) is 11.4. The first-order valence-corrected chi connectivity index (χ1v) is 7.76. The van der Waals surface area contributed by atoms with Gasteiger partial charge in [-0.25, -0.2) is 4.79 Å². The third-order valence-corrected chi connectivity index (χ3v) is 3.68. The van der Waals surface area contributed by atoms with Gasteiger partial charge in [-0.2, -0.15) is 18.2 Å². The van der Waals surface area contributed by atoms with Gasteiger partial charge in [0.25, 0.3) is 0 Å². The summed E-state index contributed by atoms with van der Waals surface area (Å²) in [7, 11) is 0. The summed E-state index contributed by atoms with van der Waals surface area (Å²) in [4.78, 5) is 16.3. The van der Waals surface area contributed by atoms with Crippen molar-refractivity contribution in [1.29, 1.82) is 5.41 Å². The Morgan fingerprint density at radius 1 is 1.19 bits per heavy atom. The summed E-state index contributed by atoms with van der Waals surface area (Å²) in [5.74, 6) is 0.643. The maximum Gasteiger partial charge on any atom is 0.416 e. The van der Waals surface area contributed by atoms with Gasteiger partial charge in [0.05, 0.1) is 12.1 Å². The smallest absolute Gasteiger partial charge is 0.340 e. The van der Waals surface area contributed by atoms with Crippen LogP contribution in [0.1, 0.15) is 17.3 Å². The van der Waals surface area contributed by atoms with E-state index in [1.807, 2.05) is 0 Å². The van der Waals surface area contributed by atoms with Crippen LogP contribution in [0.15, 0.2) is 47.1 Å². The number of nitrogens with one attached hydrogen (secondary N) is 2. The molecule has 27 heavy (non-hydrogen) atoms. The molecular formula is C17H14F3N5O2. The molecule has 140 valence electrons. The van der Waals surface area contributed by atoms with E-state index in [4.69, 9.17) is 9.93 Å². The van der Waals surface area contributed by atoms with Gasteiger partial charge >= 0.3 is 12.2 Å². The molecule has 0 saturated heterocycles. The topological polar surface area (TPSA) is 96.8 Å². The number of hydrogen-bond donors (Lipinski definition) is 2. The van der Waals surface area contributed by atoms with Gasteiger partial charge in [0.1, 0.15) is 5.49 Å². The zero-order valence-electron chi connectivity index (χ0n) is 14.0. The predicted molar refractivity (Wildman–Crippen MR) is 87.4 cm³/mol. The van der Waals surface area contributed by atoms with Gasteiger partial charge in [0, 0.05) is 13.1 Å². The van der Waals surface area contributed by atoms with E-state index in [-0.39, 0.29) is 17.9 Å². The molecular weight excluding hydrogens is 363 g/mol. The Morgan fingerprint density at radius 3 is 2.44 bits per heavy atom. The van der Waals surface area contributed by atoms with Crippen LogP contribution < -0.4 is 10.8 Å². The second kappa shape index (κ2) is 7.06. The molecule has 0 unspecified atom stereocenters. The number of benzene rings is 1. The van der Waals surface area contributed by atoms with Crippen LogP contribution in [0.3, 0.4) is 0 Å². The molecule has 0 bridgehead atoms. The van der Waals surface area contributed by atoms with E-state index in [1.54, 1.807) is 13.0 Å². The first-order chi connectivity index (χ1) is 12.7. The average molecular weight is 377 g/mol. The monoisotopic (exact) mass is 377 g/mol. The Bertz CT molecular complexity index is 1020. The van der Waals surface area contributed by atoms with E-state index in [0.29, 0.717) is 17.0 Å². The molecule has 2 aromatic heterocycles. The number of amides is 1. The number of aromatic nitrogens is 3. The summed E-state index contributed by atoms with van der Waals surface area (Å²) in [6, 6.07) is 6.89. The van der Waals surface area contributed by atoms with Crippen LogP contribution in [0.2, 0.25) is 0 Å². The first kappa shape index (κ1) is 18.4. The zero-order chi connectivity index (χ0) is 19.6. The van der Waals surface area contributed by atoms with Crippen LogP contribution >= 0.6 is 0 Å². The molecule has 0 atom stereocenters. The van der Waals surface area contributed by atoms with Gasteiger partial charge in [0.15, 0.2) is 5.82 Å². The van der Waals surface area contributed by atoms with Crippen molar-refractivity contribution in [2.75, 3.05) is 0 Å². The second-order valence-corrected chi connectivity index (χ2v) is 5.64. The van der Waals surface area contributed by atoms with Gasteiger partial charge in [-0.15, -0.1) is 0 Å². The van der Waals surface area contributed by atoms with Gasteiger partial charge < -0.3 is 9.84 Å². The third kappa shape index (κ3) is 4.22. The lowest BCUT2D eigenvalue weighted by Gasteiger charge is -2.10. The molecule has 3 rings (SSSR count). The van der Waals surface area contributed by atoms with Crippen LogP contribution in [0.5, 0.6) is 0 Å². The maximum absolute atomic E-state index is 12.7. The maximum atomic E-state index is 12.7. The Hall–Kier alpha value is -3.43. The molecule has 10 heteroatoms. The van der Waals surface area contributed by atoms with E-state index in [9.17, 15) is 18.0 Å². The van der Waals surface area contributed by atoms with Crippen molar-refractivity contribution in [1.82, 2.24) is 20.0 Å². The lowest BCUT2D eigenvalue weighted by Crippen LogP contribution is -2.35. The van der Waals surface area contributed by atoms with Crippen molar-refractivity contribution in [3.05, 3.63) is 65.4 Å². The molecule has 0 saturated carbocycles. The van der Waals surface area contributed by atoms with Crippen LogP contribution in [0, 0.1) is 12.3 Å². The molecule has 1 aromatic carbocycles. The highest BCUT2D eigenvalue weighted by Crippen LogP contribution is 2.30. The molecule has 2 heterocycles. The lowest BCUT2D eigenvalue weighted by atomic mass is 10.1. The third-order valence-electron chi connectivity index (χ3n) is 3.68. The van der Waals surface area contributed by atoms with Crippen molar-refractivity contribution in [3.8, 4) is 11.1 Å². The van der Waals surface area contributed by atoms with Gasteiger partial charge in [0.2, 0.25) is 5.89 Å². The van der Waals surface area contributed by atoms with Crippen molar-refractivity contribution < 1.29 is 22.5 Å². The Balaban J connectivity index is 1.81. The summed E-state index contributed by atoms with van der Waals surface area (Å²) >= 11 is 0. The van der Waals surface area contributed by atoms with Gasteiger partial charge in [-0.3, -0.25) is 9.98 Å². The Morgan fingerprint density at radius 2 is 1.85 bits per heavy atom. The molecule has 3 aromatic rings. The number of halogens is 3. The first-order valence-electron chi connectivity index (χ1n) is 7.76. The summed E-state index contributed by atoms with van der Waals surface area (Å²) in [5.41, 5.74) is 0.125. The van der Waals surface area contributed by atoms with Crippen LogP contribution in [-0.2, 0) is 12.7 Å². The molecule has 7 nitrogen and oxygen atoms in total. The zero-order valence-corrected chi connectivity index (χ0v) is 14.0. The Labute approximate surface area is 151 Å². The highest BCUT2D eigenvalue weighted by molar-refractivity contribution is 5.78. The summed E-state index contributed by atoms with van der Waals surface area (Å²) in [5, 5.41) is 14.1. The minimum Gasteiger partial charge on any atom is -0.340 e. The van der Waals surface area contributed by atoms with Gasteiger partial charge in [-0.1, -0.05) is 17.3 Å². The standard InChI is InChI=1S/C17H14F3N5O2/c1-10-23-15(24-27-10)8-22-16(26)25-9-12(4-7-14(25)21)11-2-5-13(6-3-11)17(18,19)20/h2-7,9,21H,8H2,1H3,(H,22,26). The van der Waals surface area contributed by atoms with E-state index in [1.165, 1.54) is 24.4 Å². The molecule has 1 amide bonds. The van der Waals surface area contributed by atoms with E-state index in [2.05, 4.69) is 15.5 Å². The fourth-order valence-electron chi connectivity index (χ4n) is 2.34. The van der Waals surface area contributed by atoms with Crippen LogP contribution in [-0.4, -0.2) is 20.7 Å². The van der Waals surface area contributed by atoms with E-state index in [0.717, 1.165) is 16.7 Å².